The minimum absolute atomic E-state index is 0.0704. The number of aryl methyl sites for hydroxylation is 1. The summed E-state index contributed by atoms with van der Waals surface area (Å²) in [6.07, 6.45) is 0.796. The maximum absolute atomic E-state index is 14.1. The van der Waals surface area contributed by atoms with Gasteiger partial charge >= 0.3 is 0 Å². The largest absolute Gasteiger partial charge is 0.293 e. The Morgan fingerprint density at radius 2 is 1.49 bits per heavy atom. The molecule has 5 aromatic rings. The first-order chi connectivity index (χ1) is 18.2. The van der Waals surface area contributed by atoms with Gasteiger partial charge in [0.1, 0.15) is 5.82 Å². The zero-order chi connectivity index (χ0) is 25.2. The molecule has 0 spiro atoms. The zero-order valence-corrected chi connectivity index (χ0v) is 21.7. The molecule has 37 heavy (non-hydrogen) atoms. The van der Waals surface area contributed by atoms with E-state index in [1.807, 2.05) is 54.0 Å². The van der Waals surface area contributed by atoms with Gasteiger partial charge in [-0.05, 0) is 40.6 Å². The number of aromatic nitrogens is 2. The van der Waals surface area contributed by atoms with E-state index >= 15 is 0 Å². The highest BCUT2D eigenvalue weighted by Crippen LogP contribution is 2.29. The number of thiophene rings is 1. The second-order valence-electron chi connectivity index (χ2n) is 9.61. The Bertz CT molecular complexity index is 1520. The second-order valence-corrected chi connectivity index (χ2v) is 10.6. The minimum atomic E-state index is -0.214. The van der Waals surface area contributed by atoms with Gasteiger partial charge in [0, 0.05) is 30.9 Å². The van der Waals surface area contributed by atoms with Gasteiger partial charge in [-0.1, -0.05) is 91.0 Å². The lowest BCUT2D eigenvalue weighted by molar-refractivity contribution is 0.242. The standard InChI is InChI=1S/C32H29N3OS/c1-23-33-30-17-18-34(20-28-19-27(22-37-28)24-11-5-2-6-12-24)21-29(30)32(36)35(23)31(25-13-7-3-8-14-25)26-15-9-4-10-16-26/h2-16,19,22,31H,17-18,20-21H2,1H3. The fourth-order valence-corrected chi connectivity index (χ4v) is 6.27. The summed E-state index contributed by atoms with van der Waals surface area (Å²) in [6, 6.07) is 33.1. The molecule has 0 N–H and O–H groups in total. The van der Waals surface area contributed by atoms with Crippen LogP contribution in [-0.2, 0) is 19.5 Å². The average molecular weight is 504 g/mol. The van der Waals surface area contributed by atoms with Crippen LogP contribution in [0.2, 0.25) is 0 Å². The lowest BCUT2D eigenvalue weighted by Crippen LogP contribution is -2.40. The third-order valence-electron chi connectivity index (χ3n) is 7.15. The quantitative estimate of drug-likeness (QED) is 0.266. The second kappa shape index (κ2) is 10.3. The molecule has 3 aromatic carbocycles. The van der Waals surface area contributed by atoms with Crippen LogP contribution in [-0.4, -0.2) is 21.0 Å². The predicted octanol–water partition coefficient (Wildman–Crippen LogP) is 6.48. The van der Waals surface area contributed by atoms with Crippen molar-refractivity contribution in [1.29, 1.82) is 0 Å². The Morgan fingerprint density at radius 3 is 2.14 bits per heavy atom. The topological polar surface area (TPSA) is 38.1 Å². The van der Waals surface area contributed by atoms with Crippen molar-refractivity contribution in [3.05, 3.63) is 146 Å². The zero-order valence-electron chi connectivity index (χ0n) is 20.9. The fraction of sp³-hybridized carbons (Fsp3) is 0.188. The first-order valence-corrected chi connectivity index (χ1v) is 13.6. The molecule has 3 heterocycles. The van der Waals surface area contributed by atoms with Crippen molar-refractivity contribution >= 4 is 11.3 Å². The molecule has 184 valence electrons. The molecule has 2 aromatic heterocycles. The van der Waals surface area contributed by atoms with Crippen molar-refractivity contribution < 1.29 is 0 Å². The Morgan fingerprint density at radius 1 is 0.865 bits per heavy atom. The lowest BCUT2D eigenvalue weighted by atomic mass is 9.97. The van der Waals surface area contributed by atoms with Crippen molar-refractivity contribution in [3.63, 3.8) is 0 Å². The minimum Gasteiger partial charge on any atom is -0.293 e. The molecular formula is C32H29N3OS. The fourth-order valence-electron chi connectivity index (χ4n) is 5.33. The first-order valence-electron chi connectivity index (χ1n) is 12.7. The van der Waals surface area contributed by atoms with Crippen LogP contribution in [0, 0.1) is 6.92 Å². The smallest absolute Gasteiger partial charge is 0.259 e. The molecule has 0 aliphatic carbocycles. The van der Waals surface area contributed by atoms with Gasteiger partial charge in [0.25, 0.3) is 5.56 Å². The number of hydrogen-bond donors (Lipinski definition) is 0. The van der Waals surface area contributed by atoms with Crippen molar-refractivity contribution in [1.82, 2.24) is 14.5 Å². The Hall–Kier alpha value is -3.80. The van der Waals surface area contributed by atoms with Gasteiger partial charge in [0.05, 0.1) is 17.3 Å². The summed E-state index contributed by atoms with van der Waals surface area (Å²) in [5, 5.41) is 2.23. The Labute approximate surface area is 221 Å². The first kappa shape index (κ1) is 23.6. The number of rotatable bonds is 6. The summed E-state index contributed by atoms with van der Waals surface area (Å²) >= 11 is 1.79. The molecule has 5 heteroatoms. The van der Waals surface area contributed by atoms with Gasteiger partial charge in [-0.15, -0.1) is 11.3 Å². The molecule has 0 radical (unpaired) electrons. The predicted molar refractivity (Wildman–Crippen MR) is 151 cm³/mol. The van der Waals surface area contributed by atoms with Crippen LogP contribution in [0.3, 0.4) is 0 Å². The van der Waals surface area contributed by atoms with Crippen LogP contribution in [0.15, 0.2) is 107 Å². The van der Waals surface area contributed by atoms with E-state index in [1.54, 1.807) is 11.3 Å². The summed E-state index contributed by atoms with van der Waals surface area (Å²) in [5.74, 6) is 0.765. The third-order valence-corrected chi connectivity index (χ3v) is 8.07. The molecule has 0 atom stereocenters. The van der Waals surface area contributed by atoms with E-state index in [9.17, 15) is 4.79 Å². The molecule has 6 rings (SSSR count). The van der Waals surface area contributed by atoms with Crippen LogP contribution in [0.4, 0.5) is 0 Å². The summed E-state index contributed by atoms with van der Waals surface area (Å²) < 4.78 is 1.89. The van der Waals surface area contributed by atoms with E-state index in [4.69, 9.17) is 4.98 Å². The van der Waals surface area contributed by atoms with E-state index in [0.717, 1.165) is 47.7 Å². The van der Waals surface area contributed by atoms with Crippen molar-refractivity contribution in [2.75, 3.05) is 6.54 Å². The van der Waals surface area contributed by atoms with Crippen LogP contribution < -0.4 is 5.56 Å². The van der Waals surface area contributed by atoms with Crippen molar-refractivity contribution in [3.8, 4) is 11.1 Å². The summed E-state index contributed by atoms with van der Waals surface area (Å²) in [7, 11) is 0. The van der Waals surface area contributed by atoms with Gasteiger partial charge in [-0.3, -0.25) is 14.3 Å². The number of nitrogens with zero attached hydrogens (tertiary/aromatic N) is 3. The molecule has 0 saturated carbocycles. The van der Waals surface area contributed by atoms with E-state index < -0.39 is 0 Å². The number of fused-ring (bicyclic) bond motifs is 1. The molecule has 0 fully saturated rings. The van der Waals surface area contributed by atoms with Crippen molar-refractivity contribution in [2.45, 2.75) is 32.5 Å². The monoisotopic (exact) mass is 503 g/mol. The van der Waals surface area contributed by atoms with Gasteiger partial charge in [0.2, 0.25) is 0 Å². The van der Waals surface area contributed by atoms with Gasteiger partial charge in [-0.2, -0.15) is 0 Å². The normalized spacial score (nSPS) is 13.6. The van der Waals surface area contributed by atoms with Crippen LogP contribution in [0.1, 0.15) is 39.1 Å². The van der Waals surface area contributed by atoms with E-state index in [0.29, 0.717) is 6.54 Å². The van der Waals surface area contributed by atoms with Crippen LogP contribution in [0.5, 0.6) is 0 Å². The highest BCUT2D eigenvalue weighted by molar-refractivity contribution is 7.10. The van der Waals surface area contributed by atoms with E-state index in [1.165, 1.54) is 16.0 Å². The molecule has 1 aliphatic heterocycles. The van der Waals surface area contributed by atoms with Crippen LogP contribution in [0.25, 0.3) is 11.1 Å². The van der Waals surface area contributed by atoms with Crippen LogP contribution >= 0.6 is 11.3 Å². The Balaban J connectivity index is 1.33. The molecule has 0 bridgehead atoms. The van der Waals surface area contributed by atoms with Gasteiger partial charge < -0.3 is 0 Å². The summed E-state index contributed by atoms with van der Waals surface area (Å²) in [4.78, 5) is 22.8. The van der Waals surface area contributed by atoms with E-state index in [-0.39, 0.29) is 11.6 Å². The van der Waals surface area contributed by atoms with Crippen molar-refractivity contribution in [2.24, 2.45) is 0 Å². The third kappa shape index (κ3) is 4.80. The molecule has 1 aliphatic rings. The SMILES string of the molecule is Cc1nc2c(c(=O)n1C(c1ccccc1)c1ccccc1)CN(Cc1cc(-c3ccccc3)cs1)CC2. The number of hydrogen-bond acceptors (Lipinski definition) is 4. The van der Waals surface area contributed by atoms with Gasteiger partial charge in [-0.25, -0.2) is 4.98 Å². The Kier molecular flexibility index (Phi) is 6.56. The number of benzene rings is 3. The summed E-state index contributed by atoms with van der Waals surface area (Å²) in [6.45, 7) is 4.33. The molecular weight excluding hydrogens is 474 g/mol. The maximum Gasteiger partial charge on any atom is 0.259 e. The van der Waals surface area contributed by atoms with Gasteiger partial charge in [0.15, 0.2) is 0 Å². The average Bonchev–Trinajstić information content (AvgIpc) is 3.41. The molecule has 0 saturated heterocycles. The molecule has 4 nitrogen and oxygen atoms in total. The highest BCUT2D eigenvalue weighted by Gasteiger charge is 2.27. The lowest BCUT2D eigenvalue weighted by Gasteiger charge is -2.30. The highest BCUT2D eigenvalue weighted by atomic mass is 32.1. The maximum atomic E-state index is 14.1. The van der Waals surface area contributed by atoms with E-state index in [2.05, 4.69) is 64.9 Å². The summed E-state index contributed by atoms with van der Waals surface area (Å²) in [5.41, 5.74) is 6.51. The molecule has 0 amide bonds. The molecule has 0 unspecified atom stereocenters.